The summed E-state index contributed by atoms with van der Waals surface area (Å²) in [7, 11) is -3.44. The molecule has 1 aliphatic carbocycles. The number of rotatable bonds is 9. The second-order valence-electron chi connectivity index (χ2n) is 9.73. The van der Waals surface area contributed by atoms with E-state index in [9.17, 15) is 14.2 Å². The van der Waals surface area contributed by atoms with Crippen LogP contribution in [-0.4, -0.2) is 36.4 Å². The van der Waals surface area contributed by atoms with Gasteiger partial charge in [0.1, 0.15) is 17.7 Å². The smallest absolute Gasteiger partial charge is 0.408 e. The maximum Gasteiger partial charge on any atom is 0.408 e. The van der Waals surface area contributed by atoms with Crippen molar-refractivity contribution >= 4 is 25.0 Å². The Balaban J connectivity index is 1.88. The third-order valence-electron chi connectivity index (χ3n) is 5.76. The van der Waals surface area contributed by atoms with Gasteiger partial charge in [-0.05, 0) is 76.3 Å². The molecule has 0 heterocycles. The Kier molecular flexibility index (Phi) is 8.98. The molecule has 1 amide bonds. The van der Waals surface area contributed by atoms with Crippen molar-refractivity contribution in [3.05, 3.63) is 65.2 Å². The van der Waals surface area contributed by atoms with Crippen LogP contribution in [0.3, 0.4) is 0 Å². The lowest BCUT2D eigenvalue weighted by Crippen LogP contribution is -2.59. The van der Waals surface area contributed by atoms with E-state index >= 15 is 0 Å². The summed E-state index contributed by atoms with van der Waals surface area (Å²) in [5, 5.41) is 3.29. The fourth-order valence-corrected chi connectivity index (χ4v) is 5.79. The molecule has 1 aliphatic rings. The van der Waals surface area contributed by atoms with Crippen LogP contribution in [-0.2, 0) is 47.3 Å². The minimum Gasteiger partial charge on any atom is -0.459 e. The molecule has 0 aromatic heterocycles. The largest absolute Gasteiger partial charge is 0.459 e. The van der Waals surface area contributed by atoms with Gasteiger partial charge in [0.2, 0.25) is 0 Å². The van der Waals surface area contributed by atoms with Gasteiger partial charge in [0.15, 0.2) is 0 Å². The lowest BCUT2D eigenvalue weighted by atomic mass is 9.78. The van der Waals surface area contributed by atoms with E-state index in [1.54, 1.807) is 40.7 Å². The summed E-state index contributed by atoms with van der Waals surface area (Å²) in [5.41, 5.74) is 0.596. The first-order valence-electron chi connectivity index (χ1n) is 12.2. The first-order chi connectivity index (χ1) is 17.0. The topological polar surface area (TPSA) is 100 Å². The average Bonchev–Trinajstić information content (AvgIpc) is 2.82. The van der Waals surface area contributed by atoms with Crippen molar-refractivity contribution in [1.29, 1.82) is 0 Å². The van der Waals surface area contributed by atoms with Gasteiger partial charge in [-0.2, -0.15) is 0 Å². The number of alkyl carbamates (subject to hydrolysis) is 1. The quantitative estimate of drug-likeness (QED) is 0.366. The van der Waals surface area contributed by atoms with E-state index in [-0.39, 0.29) is 26.2 Å². The van der Waals surface area contributed by atoms with Gasteiger partial charge in [-0.3, -0.25) is 4.57 Å². The molecule has 2 aromatic rings. The molecule has 3 rings (SSSR count). The minimum absolute atomic E-state index is 0.0924. The van der Waals surface area contributed by atoms with Gasteiger partial charge in [-0.15, -0.1) is 0 Å². The SMILES string of the molecule is CCOP(=O)(OCC)c1ccc2c(c1)CC[C@@](NC(=O)OC(C)(C)C)(C(=O)OCc1ccccc1)C2. The van der Waals surface area contributed by atoms with Crippen LogP contribution in [0.5, 0.6) is 0 Å². The van der Waals surface area contributed by atoms with Crippen LogP contribution in [0.4, 0.5) is 4.79 Å². The number of hydrogen-bond donors (Lipinski definition) is 1. The molecule has 1 N–H and O–H groups in total. The molecular weight excluding hydrogens is 481 g/mol. The van der Waals surface area contributed by atoms with E-state index in [4.69, 9.17) is 18.5 Å². The Labute approximate surface area is 213 Å². The van der Waals surface area contributed by atoms with Crippen molar-refractivity contribution in [1.82, 2.24) is 5.32 Å². The molecule has 0 saturated carbocycles. The summed E-state index contributed by atoms with van der Waals surface area (Å²) in [5.74, 6) is -0.527. The van der Waals surface area contributed by atoms with Gasteiger partial charge in [0, 0.05) is 6.42 Å². The van der Waals surface area contributed by atoms with E-state index in [0.717, 1.165) is 16.7 Å². The van der Waals surface area contributed by atoms with Crippen molar-refractivity contribution in [3.8, 4) is 0 Å². The predicted octanol–water partition coefficient (Wildman–Crippen LogP) is 5.07. The van der Waals surface area contributed by atoms with E-state index < -0.39 is 30.8 Å². The van der Waals surface area contributed by atoms with Gasteiger partial charge in [0.25, 0.3) is 0 Å². The van der Waals surface area contributed by atoms with Crippen LogP contribution >= 0.6 is 7.60 Å². The molecule has 0 fully saturated rings. The fourth-order valence-electron chi connectivity index (χ4n) is 4.17. The molecule has 0 spiro atoms. The summed E-state index contributed by atoms with van der Waals surface area (Å²) >= 11 is 0. The maximum atomic E-state index is 13.4. The second-order valence-corrected chi connectivity index (χ2v) is 11.8. The number of ether oxygens (including phenoxy) is 2. The zero-order chi connectivity index (χ0) is 26.4. The molecule has 0 aliphatic heterocycles. The van der Waals surface area contributed by atoms with Crippen LogP contribution < -0.4 is 10.6 Å². The zero-order valence-corrected chi connectivity index (χ0v) is 22.6. The molecule has 196 valence electrons. The molecule has 2 aromatic carbocycles. The second kappa shape index (κ2) is 11.6. The first kappa shape index (κ1) is 27.9. The molecule has 9 heteroatoms. The molecule has 1 atom stereocenters. The maximum absolute atomic E-state index is 13.4. The Morgan fingerprint density at radius 1 is 1.00 bits per heavy atom. The fraction of sp³-hybridized carbons (Fsp3) is 0.481. The monoisotopic (exact) mass is 517 g/mol. The Morgan fingerprint density at radius 2 is 1.67 bits per heavy atom. The number of benzene rings is 2. The Morgan fingerprint density at radius 3 is 2.28 bits per heavy atom. The number of amides is 1. The van der Waals surface area contributed by atoms with Crippen LogP contribution in [0, 0.1) is 0 Å². The molecule has 0 bridgehead atoms. The summed E-state index contributed by atoms with van der Waals surface area (Å²) in [6.07, 6.45) is 0.279. The number of hydrogen-bond acceptors (Lipinski definition) is 7. The lowest BCUT2D eigenvalue weighted by Gasteiger charge is -2.37. The molecular formula is C27H36NO7P. The third kappa shape index (κ3) is 6.96. The van der Waals surface area contributed by atoms with Crippen molar-refractivity contribution in [2.24, 2.45) is 0 Å². The first-order valence-corrected chi connectivity index (χ1v) is 13.8. The van der Waals surface area contributed by atoms with E-state index in [2.05, 4.69) is 5.32 Å². The van der Waals surface area contributed by atoms with E-state index in [0.29, 0.717) is 18.1 Å². The van der Waals surface area contributed by atoms with Crippen LogP contribution in [0.1, 0.15) is 57.7 Å². The minimum atomic E-state index is -3.44. The Bertz CT molecular complexity index is 1100. The highest BCUT2D eigenvalue weighted by Crippen LogP contribution is 2.47. The molecule has 36 heavy (non-hydrogen) atoms. The van der Waals surface area contributed by atoms with Crippen molar-refractivity contribution in [2.45, 2.75) is 71.6 Å². The van der Waals surface area contributed by atoms with E-state index in [1.807, 2.05) is 42.5 Å². The third-order valence-corrected chi connectivity index (χ3v) is 7.87. The molecule has 0 saturated heterocycles. The standard InChI is InChI=1S/C27H36NO7P/c1-6-33-36(31,34-7-2)23-14-13-22-18-27(16-15-21(22)17-23,28-25(30)35-26(3,4)5)24(29)32-19-20-11-9-8-10-12-20/h8-14,17H,6-7,15-16,18-19H2,1-5H3,(H,28,30)/t27-/m0/s1. The van der Waals surface area contributed by atoms with Crippen LogP contribution in [0.15, 0.2) is 48.5 Å². The number of fused-ring (bicyclic) bond motifs is 1. The molecule has 0 radical (unpaired) electrons. The van der Waals surface area contributed by atoms with Gasteiger partial charge in [-0.25, -0.2) is 9.59 Å². The predicted molar refractivity (Wildman–Crippen MR) is 137 cm³/mol. The van der Waals surface area contributed by atoms with Crippen molar-refractivity contribution in [2.75, 3.05) is 13.2 Å². The lowest BCUT2D eigenvalue weighted by molar-refractivity contribution is -0.153. The normalized spacial score (nSPS) is 17.7. The van der Waals surface area contributed by atoms with Gasteiger partial charge in [0.05, 0.1) is 18.5 Å². The molecule has 8 nitrogen and oxygen atoms in total. The summed E-state index contributed by atoms with van der Waals surface area (Å²) in [6, 6.07) is 14.7. The highest BCUT2D eigenvalue weighted by atomic mass is 31.2. The van der Waals surface area contributed by atoms with Gasteiger partial charge >= 0.3 is 19.7 Å². The zero-order valence-electron chi connectivity index (χ0n) is 21.7. The van der Waals surface area contributed by atoms with Crippen LogP contribution in [0.2, 0.25) is 0 Å². The highest BCUT2D eigenvalue weighted by Gasteiger charge is 2.45. The van der Waals surface area contributed by atoms with E-state index in [1.165, 1.54) is 0 Å². The number of carbonyl (C=O) groups is 2. The van der Waals surface area contributed by atoms with Gasteiger partial charge < -0.3 is 23.8 Å². The molecule has 0 unspecified atom stereocenters. The number of aryl methyl sites for hydroxylation is 1. The Hall–Kier alpha value is -2.67. The van der Waals surface area contributed by atoms with Crippen molar-refractivity contribution in [3.63, 3.8) is 0 Å². The highest BCUT2D eigenvalue weighted by molar-refractivity contribution is 7.62. The summed E-state index contributed by atoms with van der Waals surface area (Å²) in [4.78, 5) is 26.2. The number of carbonyl (C=O) groups excluding carboxylic acids is 2. The van der Waals surface area contributed by atoms with Crippen LogP contribution in [0.25, 0.3) is 0 Å². The average molecular weight is 518 g/mol. The van der Waals surface area contributed by atoms with Gasteiger partial charge in [-0.1, -0.05) is 36.4 Å². The summed E-state index contributed by atoms with van der Waals surface area (Å²) in [6.45, 7) is 9.42. The summed E-state index contributed by atoms with van der Waals surface area (Å²) < 4.78 is 35.3. The van der Waals surface area contributed by atoms with Crippen molar-refractivity contribution < 1.29 is 32.7 Å². The number of nitrogens with one attached hydrogen (secondary N) is 1. The number of esters is 1.